The number of hydrogen-bond acceptors (Lipinski definition) is 3. The van der Waals surface area contributed by atoms with E-state index >= 15 is 0 Å². The van der Waals surface area contributed by atoms with E-state index in [4.69, 9.17) is 0 Å². The van der Waals surface area contributed by atoms with Crippen molar-refractivity contribution in [1.29, 1.82) is 0 Å². The van der Waals surface area contributed by atoms with E-state index in [1.807, 2.05) is 0 Å². The van der Waals surface area contributed by atoms with Crippen LogP contribution in [0.25, 0.3) is 5.78 Å². The van der Waals surface area contributed by atoms with Gasteiger partial charge >= 0.3 is 6.18 Å². The normalized spacial score (nSPS) is 13.9. The van der Waals surface area contributed by atoms with Crippen molar-refractivity contribution in [3.8, 4) is 0 Å². The Hall–Kier alpha value is -1.77. The highest BCUT2D eigenvalue weighted by Crippen LogP contribution is 2.25. The van der Waals surface area contributed by atoms with Crippen molar-refractivity contribution in [2.45, 2.75) is 32.7 Å². The molecule has 0 bridgehead atoms. The van der Waals surface area contributed by atoms with Gasteiger partial charge in [0.2, 0.25) is 5.78 Å². The summed E-state index contributed by atoms with van der Waals surface area (Å²) < 4.78 is 41.1. The van der Waals surface area contributed by atoms with Gasteiger partial charge < -0.3 is 9.67 Å². The molecule has 5 nitrogen and oxygen atoms in total. The van der Waals surface area contributed by atoms with Crippen LogP contribution in [-0.2, 0) is 12.7 Å². The summed E-state index contributed by atoms with van der Waals surface area (Å²) in [5.41, 5.74) is -1.83. The van der Waals surface area contributed by atoms with Crippen LogP contribution < -0.4 is 11.0 Å². The molecule has 0 saturated heterocycles. The lowest BCUT2D eigenvalue weighted by molar-refractivity contribution is -0.140. The first kappa shape index (κ1) is 14.6. The van der Waals surface area contributed by atoms with Crippen LogP contribution in [0.4, 0.5) is 13.2 Å². The van der Waals surface area contributed by atoms with E-state index in [1.165, 1.54) is 17.7 Å². The molecule has 1 unspecified atom stereocenters. The van der Waals surface area contributed by atoms with Crippen LogP contribution in [-0.4, -0.2) is 33.0 Å². The topological polar surface area (TPSA) is 59.5 Å². The average molecular weight is 287 g/mol. The van der Waals surface area contributed by atoms with Gasteiger partial charge in [-0.05, 0) is 13.8 Å². The molecule has 9 heteroatoms. The maximum absolute atomic E-state index is 12.9. The number of alkyl halides is 3. The lowest BCUT2D eigenvalue weighted by Gasteiger charge is -2.12. The molecule has 2 aromatic heterocycles. The monoisotopic (exact) mass is 287 g/mol. The van der Waals surface area contributed by atoms with E-state index in [2.05, 4.69) is 4.98 Å². The molecule has 0 saturated carbocycles. The smallest absolute Gasteiger partial charge is 0.392 e. The Morgan fingerprint density at radius 1 is 1.50 bits per heavy atom. The summed E-state index contributed by atoms with van der Waals surface area (Å²) in [7, 11) is 1.10. The standard InChI is InChI=1S/C11H13BF3N3O2/c1-5-3-18-9(20)7(12)8(11(13,14)15)16-10(18)17(5)4-6(2)19/h3,6,19H,4,12H2,1-2H3. The molecule has 2 rings (SSSR count). The van der Waals surface area contributed by atoms with Crippen LogP contribution in [0, 0.1) is 6.92 Å². The van der Waals surface area contributed by atoms with Gasteiger partial charge in [0.15, 0.2) is 0 Å². The Bertz CT molecular complexity index is 718. The lowest BCUT2D eigenvalue weighted by Crippen LogP contribution is -2.38. The molecule has 1 N–H and O–H groups in total. The molecule has 0 aliphatic heterocycles. The minimum Gasteiger partial charge on any atom is -0.392 e. The zero-order chi connectivity index (χ0) is 15.2. The highest BCUT2D eigenvalue weighted by Gasteiger charge is 2.36. The molecular weight excluding hydrogens is 274 g/mol. The predicted octanol–water partition coefficient (Wildman–Crippen LogP) is -0.538. The van der Waals surface area contributed by atoms with Crippen molar-refractivity contribution < 1.29 is 18.3 Å². The SMILES string of the molecule is Bc1c(C(F)(F)F)nc2n(CC(C)O)c(C)cn2c1=O. The molecule has 0 radical (unpaired) electrons. The highest BCUT2D eigenvalue weighted by molar-refractivity contribution is 6.32. The minimum atomic E-state index is -4.69. The molecule has 20 heavy (non-hydrogen) atoms. The minimum absolute atomic E-state index is 0.0646. The van der Waals surface area contributed by atoms with Gasteiger partial charge in [-0.25, -0.2) is 4.98 Å². The van der Waals surface area contributed by atoms with Crippen molar-refractivity contribution in [3.63, 3.8) is 0 Å². The van der Waals surface area contributed by atoms with Crippen LogP contribution in [0.1, 0.15) is 18.3 Å². The molecule has 0 fully saturated rings. The molecule has 108 valence electrons. The van der Waals surface area contributed by atoms with Crippen molar-refractivity contribution >= 4 is 19.1 Å². The molecule has 0 aromatic carbocycles. The predicted molar refractivity (Wildman–Crippen MR) is 69.0 cm³/mol. The van der Waals surface area contributed by atoms with Gasteiger partial charge in [0.05, 0.1) is 12.6 Å². The summed E-state index contributed by atoms with van der Waals surface area (Å²) in [5, 5.41) is 9.40. The van der Waals surface area contributed by atoms with E-state index < -0.39 is 29.0 Å². The first-order valence-electron chi connectivity index (χ1n) is 5.97. The molecule has 0 spiro atoms. The largest absolute Gasteiger partial charge is 0.433 e. The maximum atomic E-state index is 12.9. The fourth-order valence-electron chi connectivity index (χ4n) is 2.10. The number of imidazole rings is 1. The van der Waals surface area contributed by atoms with Gasteiger partial charge in [0, 0.05) is 17.4 Å². The van der Waals surface area contributed by atoms with Gasteiger partial charge in [-0.1, -0.05) is 0 Å². The van der Waals surface area contributed by atoms with Crippen LogP contribution in [0.5, 0.6) is 0 Å². The van der Waals surface area contributed by atoms with Crippen molar-refractivity contribution in [3.05, 3.63) is 27.9 Å². The number of aliphatic hydroxyl groups excluding tert-OH is 1. The van der Waals surface area contributed by atoms with Crippen molar-refractivity contribution in [2.24, 2.45) is 0 Å². The number of fused-ring (bicyclic) bond motifs is 1. The number of aryl methyl sites for hydroxylation is 1. The van der Waals surface area contributed by atoms with E-state index in [0.29, 0.717) is 5.69 Å². The third-order valence-corrected chi connectivity index (χ3v) is 3.02. The van der Waals surface area contributed by atoms with Crippen molar-refractivity contribution in [1.82, 2.24) is 14.0 Å². The number of nitrogens with zero attached hydrogens (tertiary/aromatic N) is 3. The van der Waals surface area contributed by atoms with Gasteiger partial charge in [0.1, 0.15) is 13.5 Å². The molecular formula is C11H13BF3N3O2. The van der Waals surface area contributed by atoms with Crippen LogP contribution >= 0.6 is 0 Å². The molecule has 1 atom stereocenters. The quantitative estimate of drug-likeness (QED) is 0.755. The number of rotatable bonds is 2. The van der Waals surface area contributed by atoms with Gasteiger partial charge in [-0.3, -0.25) is 9.20 Å². The summed E-state index contributed by atoms with van der Waals surface area (Å²) >= 11 is 0. The molecule has 0 aliphatic carbocycles. The summed E-state index contributed by atoms with van der Waals surface area (Å²) in [6.45, 7) is 3.21. The zero-order valence-corrected chi connectivity index (χ0v) is 11.2. The van der Waals surface area contributed by atoms with Crippen molar-refractivity contribution in [2.75, 3.05) is 0 Å². The van der Waals surface area contributed by atoms with Crippen LogP contribution in [0.3, 0.4) is 0 Å². The molecule has 2 aromatic rings. The Kier molecular flexibility index (Phi) is 3.41. The van der Waals surface area contributed by atoms with E-state index in [0.717, 1.165) is 12.2 Å². The van der Waals surface area contributed by atoms with Gasteiger partial charge in [-0.15, -0.1) is 0 Å². The number of aromatic nitrogens is 3. The fourth-order valence-corrected chi connectivity index (χ4v) is 2.10. The first-order chi connectivity index (χ1) is 9.12. The zero-order valence-electron chi connectivity index (χ0n) is 11.2. The molecule has 2 heterocycles. The molecule has 0 aliphatic rings. The number of aliphatic hydroxyl groups is 1. The summed E-state index contributed by atoms with van der Waals surface area (Å²) in [4.78, 5) is 15.6. The van der Waals surface area contributed by atoms with Crippen LogP contribution in [0.15, 0.2) is 11.0 Å². The Morgan fingerprint density at radius 3 is 2.60 bits per heavy atom. The summed E-state index contributed by atoms with van der Waals surface area (Å²) in [5.74, 6) is -0.119. The van der Waals surface area contributed by atoms with Gasteiger partial charge in [-0.2, -0.15) is 13.2 Å². The Labute approximate surface area is 113 Å². The Balaban J connectivity index is 2.83. The fraction of sp³-hybridized carbons (Fsp3) is 0.455. The molecule has 0 amide bonds. The Morgan fingerprint density at radius 2 is 2.10 bits per heavy atom. The third kappa shape index (κ3) is 2.33. The van der Waals surface area contributed by atoms with Gasteiger partial charge in [0.25, 0.3) is 5.56 Å². The van der Waals surface area contributed by atoms with E-state index in [9.17, 15) is 23.1 Å². The lowest BCUT2D eigenvalue weighted by atomic mass is 9.95. The van der Waals surface area contributed by atoms with E-state index in [1.54, 1.807) is 6.92 Å². The van der Waals surface area contributed by atoms with E-state index in [-0.39, 0.29) is 12.3 Å². The number of halogens is 3. The second-order valence-corrected chi connectivity index (χ2v) is 4.79. The third-order valence-electron chi connectivity index (χ3n) is 3.02. The summed E-state index contributed by atoms with van der Waals surface area (Å²) in [6, 6.07) is 0. The first-order valence-corrected chi connectivity index (χ1v) is 5.97. The second kappa shape index (κ2) is 4.66. The summed E-state index contributed by atoms with van der Waals surface area (Å²) in [6.07, 6.45) is -4.04. The maximum Gasteiger partial charge on any atom is 0.433 e. The average Bonchev–Trinajstić information content (AvgIpc) is 2.59. The van der Waals surface area contributed by atoms with Crippen LogP contribution in [0.2, 0.25) is 0 Å². The number of hydrogen-bond donors (Lipinski definition) is 1. The highest BCUT2D eigenvalue weighted by atomic mass is 19.4. The second-order valence-electron chi connectivity index (χ2n) is 4.79.